The van der Waals surface area contributed by atoms with Gasteiger partial charge in [0.15, 0.2) is 5.75 Å². The van der Waals surface area contributed by atoms with E-state index in [4.69, 9.17) is 9.47 Å². The highest BCUT2D eigenvalue weighted by atomic mass is 16.5. The molecule has 0 N–H and O–H groups in total. The van der Waals surface area contributed by atoms with Gasteiger partial charge in [0.1, 0.15) is 6.61 Å². The van der Waals surface area contributed by atoms with Crippen LogP contribution in [0.3, 0.4) is 0 Å². The molecule has 1 aromatic heterocycles. The first-order valence-corrected chi connectivity index (χ1v) is 4.02. The summed E-state index contributed by atoms with van der Waals surface area (Å²) in [6.45, 7) is 3.91. The van der Waals surface area contributed by atoms with Crippen molar-refractivity contribution in [1.29, 1.82) is 0 Å². The quantitative estimate of drug-likeness (QED) is 0.614. The summed E-state index contributed by atoms with van der Waals surface area (Å²) < 4.78 is 12.1. The highest BCUT2D eigenvalue weighted by Crippen LogP contribution is 2.05. The summed E-state index contributed by atoms with van der Waals surface area (Å²) in [5.74, 6) is 0.789. The van der Waals surface area contributed by atoms with Gasteiger partial charge < -0.3 is 9.47 Å². The van der Waals surface area contributed by atoms with Gasteiger partial charge in [-0.05, 0) is 6.92 Å². The molecule has 0 bridgehead atoms. The van der Waals surface area contributed by atoms with E-state index in [9.17, 15) is 0 Å². The Kier molecular flexibility index (Phi) is 3.60. The number of hydrogen-bond acceptors (Lipinski definition) is 3. The number of aryl methyl sites for hydroxylation is 1. The zero-order valence-electron chi connectivity index (χ0n) is 7.49. The van der Waals surface area contributed by atoms with Crippen LogP contribution in [0.5, 0.6) is 5.75 Å². The Balaban J connectivity index is 2.15. The van der Waals surface area contributed by atoms with Crippen molar-refractivity contribution in [2.45, 2.75) is 6.92 Å². The second-order valence-electron chi connectivity index (χ2n) is 2.40. The van der Waals surface area contributed by atoms with Gasteiger partial charge in [-0.25, -0.2) is 0 Å². The van der Waals surface area contributed by atoms with Crippen LogP contribution in [0.1, 0.15) is 6.92 Å². The molecule has 0 atom stereocenters. The van der Waals surface area contributed by atoms with Crippen LogP contribution in [-0.4, -0.2) is 29.6 Å². The first-order chi connectivity index (χ1) is 5.83. The Morgan fingerprint density at radius 1 is 1.50 bits per heavy atom. The van der Waals surface area contributed by atoms with E-state index in [0.717, 1.165) is 12.4 Å². The molecule has 0 amide bonds. The molecule has 1 heterocycles. The summed E-state index contributed by atoms with van der Waals surface area (Å²) in [5.41, 5.74) is 0. The molecule has 4 nitrogen and oxygen atoms in total. The number of rotatable bonds is 5. The van der Waals surface area contributed by atoms with Crippen LogP contribution < -0.4 is 4.74 Å². The lowest BCUT2D eigenvalue weighted by Crippen LogP contribution is -2.05. The topological polar surface area (TPSA) is 36.3 Å². The Morgan fingerprint density at radius 3 is 2.92 bits per heavy atom. The van der Waals surface area contributed by atoms with E-state index in [1.54, 1.807) is 10.9 Å². The molecule has 12 heavy (non-hydrogen) atoms. The SMILES string of the molecule is CCOCCOc1cnn(C)c1. The van der Waals surface area contributed by atoms with Crippen molar-refractivity contribution in [3.05, 3.63) is 12.4 Å². The Bertz CT molecular complexity index is 223. The lowest BCUT2D eigenvalue weighted by Gasteiger charge is -2.01. The van der Waals surface area contributed by atoms with Gasteiger partial charge in [-0.15, -0.1) is 0 Å². The second-order valence-corrected chi connectivity index (χ2v) is 2.40. The van der Waals surface area contributed by atoms with Gasteiger partial charge in [0.25, 0.3) is 0 Å². The van der Waals surface area contributed by atoms with Crippen LogP contribution in [0.2, 0.25) is 0 Å². The molecule has 1 rings (SSSR count). The number of hydrogen-bond donors (Lipinski definition) is 0. The zero-order valence-corrected chi connectivity index (χ0v) is 7.49. The summed E-state index contributed by atoms with van der Waals surface area (Å²) in [6, 6.07) is 0. The summed E-state index contributed by atoms with van der Waals surface area (Å²) in [7, 11) is 1.86. The van der Waals surface area contributed by atoms with Crippen molar-refractivity contribution >= 4 is 0 Å². The lowest BCUT2D eigenvalue weighted by atomic mass is 10.6. The van der Waals surface area contributed by atoms with E-state index in [-0.39, 0.29) is 0 Å². The monoisotopic (exact) mass is 170 g/mol. The number of nitrogens with zero attached hydrogens (tertiary/aromatic N) is 2. The maximum absolute atomic E-state index is 5.32. The van der Waals surface area contributed by atoms with Crippen molar-refractivity contribution in [2.24, 2.45) is 7.05 Å². The van der Waals surface area contributed by atoms with E-state index in [0.29, 0.717) is 13.2 Å². The van der Waals surface area contributed by atoms with Crippen LogP contribution in [0.4, 0.5) is 0 Å². The Morgan fingerprint density at radius 2 is 2.33 bits per heavy atom. The van der Waals surface area contributed by atoms with Crippen molar-refractivity contribution in [1.82, 2.24) is 9.78 Å². The van der Waals surface area contributed by atoms with E-state index in [1.165, 1.54) is 0 Å². The first-order valence-electron chi connectivity index (χ1n) is 4.02. The highest BCUT2D eigenvalue weighted by molar-refractivity contribution is 5.10. The lowest BCUT2D eigenvalue weighted by molar-refractivity contribution is 0.110. The van der Waals surface area contributed by atoms with Crippen LogP contribution in [0.15, 0.2) is 12.4 Å². The fourth-order valence-corrected chi connectivity index (χ4v) is 0.836. The van der Waals surface area contributed by atoms with Crippen LogP contribution in [0.25, 0.3) is 0 Å². The molecule has 4 heteroatoms. The van der Waals surface area contributed by atoms with Crippen molar-refractivity contribution < 1.29 is 9.47 Å². The van der Waals surface area contributed by atoms with Gasteiger partial charge in [0.05, 0.1) is 19.0 Å². The Labute approximate surface area is 72.1 Å². The standard InChI is InChI=1S/C8H14N2O2/c1-3-11-4-5-12-8-6-9-10(2)7-8/h6-7H,3-5H2,1-2H3. The highest BCUT2D eigenvalue weighted by Gasteiger charge is 1.94. The molecule has 0 spiro atoms. The minimum atomic E-state index is 0.583. The molecule has 68 valence electrons. The van der Waals surface area contributed by atoms with Crippen LogP contribution >= 0.6 is 0 Å². The normalized spacial score (nSPS) is 10.2. The van der Waals surface area contributed by atoms with Gasteiger partial charge >= 0.3 is 0 Å². The van der Waals surface area contributed by atoms with Gasteiger partial charge in [-0.1, -0.05) is 0 Å². The molecule has 0 saturated heterocycles. The van der Waals surface area contributed by atoms with E-state index in [1.807, 2.05) is 20.2 Å². The minimum absolute atomic E-state index is 0.583. The van der Waals surface area contributed by atoms with Gasteiger partial charge in [-0.2, -0.15) is 5.10 Å². The number of ether oxygens (including phenoxy) is 2. The second kappa shape index (κ2) is 4.77. The molecule has 0 aromatic carbocycles. The van der Waals surface area contributed by atoms with E-state index >= 15 is 0 Å². The van der Waals surface area contributed by atoms with Gasteiger partial charge in [0, 0.05) is 13.7 Å². The fourth-order valence-electron chi connectivity index (χ4n) is 0.836. The molecular formula is C8H14N2O2. The molecule has 0 unspecified atom stereocenters. The molecule has 0 fully saturated rings. The molecule has 0 aliphatic rings. The van der Waals surface area contributed by atoms with Crippen molar-refractivity contribution in [3.63, 3.8) is 0 Å². The third kappa shape index (κ3) is 2.92. The third-order valence-corrected chi connectivity index (χ3v) is 1.38. The summed E-state index contributed by atoms with van der Waals surface area (Å²) in [5, 5.41) is 3.97. The predicted octanol–water partition coefficient (Wildman–Crippen LogP) is 0.835. The maximum Gasteiger partial charge on any atom is 0.157 e. The van der Waals surface area contributed by atoms with Gasteiger partial charge in [0.2, 0.25) is 0 Å². The van der Waals surface area contributed by atoms with Gasteiger partial charge in [-0.3, -0.25) is 4.68 Å². The summed E-state index contributed by atoms with van der Waals surface area (Å²) in [6.07, 6.45) is 3.51. The van der Waals surface area contributed by atoms with E-state index in [2.05, 4.69) is 5.10 Å². The zero-order chi connectivity index (χ0) is 8.81. The average Bonchev–Trinajstić information content (AvgIpc) is 2.45. The third-order valence-electron chi connectivity index (χ3n) is 1.38. The van der Waals surface area contributed by atoms with Crippen LogP contribution in [0, 0.1) is 0 Å². The van der Waals surface area contributed by atoms with Crippen molar-refractivity contribution in [2.75, 3.05) is 19.8 Å². The Hall–Kier alpha value is -1.03. The molecule has 0 aliphatic carbocycles. The van der Waals surface area contributed by atoms with E-state index < -0.39 is 0 Å². The molecule has 0 radical (unpaired) electrons. The smallest absolute Gasteiger partial charge is 0.157 e. The fraction of sp³-hybridized carbons (Fsp3) is 0.625. The van der Waals surface area contributed by atoms with Crippen LogP contribution in [-0.2, 0) is 11.8 Å². The molecule has 0 aliphatic heterocycles. The molecule has 1 aromatic rings. The molecule has 0 saturated carbocycles. The maximum atomic E-state index is 5.32. The van der Waals surface area contributed by atoms with Crippen molar-refractivity contribution in [3.8, 4) is 5.75 Å². The summed E-state index contributed by atoms with van der Waals surface area (Å²) in [4.78, 5) is 0. The summed E-state index contributed by atoms with van der Waals surface area (Å²) >= 11 is 0. The minimum Gasteiger partial charge on any atom is -0.488 e. The largest absolute Gasteiger partial charge is 0.488 e. The molecular weight excluding hydrogens is 156 g/mol. The average molecular weight is 170 g/mol. The predicted molar refractivity (Wildman–Crippen MR) is 45.2 cm³/mol. The first kappa shape index (κ1) is 9.06. The number of aromatic nitrogens is 2.